The molecule has 0 aliphatic heterocycles. The van der Waals surface area contributed by atoms with Gasteiger partial charge in [-0.25, -0.2) is 0 Å². The lowest BCUT2D eigenvalue weighted by Gasteiger charge is -2.30. The zero-order valence-electron chi connectivity index (χ0n) is 20.6. The number of aryl methyl sites for hydroxylation is 1. The molecule has 176 valence electrons. The summed E-state index contributed by atoms with van der Waals surface area (Å²) in [7, 11) is 6.06. The van der Waals surface area contributed by atoms with Crippen LogP contribution in [0.4, 0.5) is 11.4 Å². The monoisotopic (exact) mass is 447 g/mol. The van der Waals surface area contributed by atoms with Gasteiger partial charge in [-0.15, -0.1) is 0 Å². The molecule has 0 spiro atoms. The van der Waals surface area contributed by atoms with E-state index in [-0.39, 0.29) is 5.56 Å². The molecule has 1 N–H and O–H groups in total. The highest BCUT2D eigenvalue weighted by atomic mass is 16.1. The minimum Gasteiger partial charge on any atom is -0.378 e. The van der Waals surface area contributed by atoms with Gasteiger partial charge in [-0.05, 0) is 61.3 Å². The van der Waals surface area contributed by atoms with Crippen molar-refractivity contribution < 1.29 is 0 Å². The maximum atomic E-state index is 13.2. The molecule has 33 heavy (non-hydrogen) atoms. The summed E-state index contributed by atoms with van der Waals surface area (Å²) < 4.78 is 3.65. The first-order valence-corrected chi connectivity index (χ1v) is 12.1. The number of aromatic nitrogens is 3. The van der Waals surface area contributed by atoms with Crippen LogP contribution in [0.1, 0.15) is 51.0 Å². The third-order valence-corrected chi connectivity index (χ3v) is 6.65. The maximum Gasteiger partial charge on any atom is 0.273 e. The van der Waals surface area contributed by atoms with Crippen LogP contribution in [-0.4, -0.2) is 34.5 Å². The lowest BCUT2D eigenvalue weighted by atomic mass is 9.81. The van der Waals surface area contributed by atoms with E-state index in [1.165, 1.54) is 11.3 Å². The number of pyridine rings is 1. The fourth-order valence-corrected chi connectivity index (χ4v) is 4.83. The van der Waals surface area contributed by atoms with E-state index in [0.29, 0.717) is 30.1 Å². The molecule has 2 aromatic heterocycles. The number of nitrogens with zero attached hydrogens (tertiary/aromatic N) is 4. The number of benzene rings is 1. The predicted octanol–water partition coefficient (Wildman–Crippen LogP) is 5.11. The number of nitrogens with one attached hydrogen (secondary N) is 1. The Labute approximate surface area is 197 Å². The molecule has 0 amide bonds. The highest BCUT2D eigenvalue weighted by molar-refractivity contribution is 5.65. The first-order valence-electron chi connectivity index (χ1n) is 12.1. The minimum atomic E-state index is 0.0674. The van der Waals surface area contributed by atoms with E-state index < -0.39 is 0 Å². The van der Waals surface area contributed by atoms with Crippen molar-refractivity contribution in [2.24, 2.45) is 13.0 Å². The molecule has 1 aliphatic carbocycles. The Balaban J connectivity index is 1.49. The van der Waals surface area contributed by atoms with Crippen molar-refractivity contribution >= 4 is 11.4 Å². The van der Waals surface area contributed by atoms with E-state index >= 15 is 0 Å². The van der Waals surface area contributed by atoms with Gasteiger partial charge in [0.2, 0.25) is 0 Å². The summed E-state index contributed by atoms with van der Waals surface area (Å²) in [6.45, 7) is 4.99. The second kappa shape index (κ2) is 9.86. The van der Waals surface area contributed by atoms with Crippen LogP contribution < -0.4 is 15.8 Å². The zero-order chi connectivity index (χ0) is 23.5. The van der Waals surface area contributed by atoms with E-state index in [1.807, 2.05) is 36.3 Å². The molecule has 0 atom stereocenters. The average Bonchev–Trinajstić information content (AvgIpc) is 3.23. The van der Waals surface area contributed by atoms with Crippen LogP contribution in [0.3, 0.4) is 0 Å². The molecule has 0 unspecified atom stereocenters. The molecule has 2 heterocycles. The molecule has 1 aliphatic rings. The van der Waals surface area contributed by atoms with Crippen molar-refractivity contribution in [1.82, 2.24) is 14.3 Å². The zero-order valence-corrected chi connectivity index (χ0v) is 20.6. The van der Waals surface area contributed by atoms with Crippen LogP contribution in [0.25, 0.3) is 11.1 Å². The van der Waals surface area contributed by atoms with E-state index in [2.05, 4.69) is 67.5 Å². The van der Waals surface area contributed by atoms with Gasteiger partial charge in [0.25, 0.3) is 5.56 Å². The number of anilines is 2. The second-order valence-corrected chi connectivity index (χ2v) is 10.1. The Bertz CT molecular complexity index is 1120. The van der Waals surface area contributed by atoms with Crippen molar-refractivity contribution in [3.05, 3.63) is 64.8 Å². The molecule has 0 saturated heterocycles. The Morgan fingerprint density at radius 3 is 2.33 bits per heavy atom. The lowest BCUT2D eigenvalue weighted by Crippen LogP contribution is -2.31. The minimum absolute atomic E-state index is 0.0674. The van der Waals surface area contributed by atoms with Gasteiger partial charge in [0.15, 0.2) is 0 Å². The molecule has 1 aromatic carbocycles. The largest absolute Gasteiger partial charge is 0.378 e. The van der Waals surface area contributed by atoms with Crippen molar-refractivity contribution in [2.45, 2.75) is 58.0 Å². The van der Waals surface area contributed by atoms with Gasteiger partial charge in [0.1, 0.15) is 5.69 Å². The standard InChI is InChI=1S/C27H37N5O/c1-19(2)16-32-18-22(23-15-28-31(5)17-23)14-26(27(32)33)29-24-10-6-20(7-11-24)21-8-12-25(13-9-21)30(3)4/h8-9,12-15,17-20,24,29H,6-7,10-11,16H2,1-5H3/t20-,24+. The van der Waals surface area contributed by atoms with E-state index in [0.717, 1.165) is 36.8 Å². The van der Waals surface area contributed by atoms with Crippen molar-refractivity contribution in [3.8, 4) is 11.1 Å². The molecule has 4 rings (SSSR count). The topological polar surface area (TPSA) is 55.1 Å². The van der Waals surface area contributed by atoms with Gasteiger partial charge in [-0.3, -0.25) is 9.48 Å². The van der Waals surface area contributed by atoms with Crippen molar-refractivity contribution in [2.75, 3.05) is 24.3 Å². The van der Waals surface area contributed by atoms with Gasteiger partial charge < -0.3 is 14.8 Å². The van der Waals surface area contributed by atoms with Crippen LogP contribution in [0.2, 0.25) is 0 Å². The molecular formula is C27H37N5O. The SMILES string of the molecule is CC(C)Cn1cc(-c2cnn(C)c2)cc(N[C@H]2CC[C@@H](c3ccc(N(C)C)cc3)CC2)c1=O. The van der Waals surface area contributed by atoms with Crippen LogP contribution in [0.15, 0.2) is 53.7 Å². The van der Waals surface area contributed by atoms with E-state index in [4.69, 9.17) is 0 Å². The summed E-state index contributed by atoms with van der Waals surface area (Å²) >= 11 is 0. The van der Waals surface area contributed by atoms with Crippen molar-refractivity contribution in [3.63, 3.8) is 0 Å². The van der Waals surface area contributed by atoms with Crippen LogP contribution in [0.5, 0.6) is 0 Å². The van der Waals surface area contributed by atoms with Gasteiger partial charge in [0, 0.05) is 62.9 Å². The predicted molar refractivity (Wildman–Crippen MR) is 137 cm³/mol. The molecular weight excluding hydrogens is 410 g/mol. The highest BCUT2D eigenvalue weighted by Gasteiger charge is 2.23. The van der Waals surface area contributed by atoms with Gasteiger partial charge in [0.05, 0.1) is 6.20 Å². The molecule has 1 saturated carbocycles. The average molecular weight is 448 g/mol. The Morgan fingerprint density at radius 2 is 1.76 bits per heavy atom. The van der Waals surface area contributed by atoms with Crippen LogP contribution >= 0.6 is 0 Å². The molecule has 3 aromatic rings. The first-order chi connectivity index (χ1) is 15.8. The van der Waals surface area contributed by atoms with Crippen LogP contribution in [0, 0.1) is 5.92 Å². The summed E-state index contributed by atoms with van der Waals surface area (Å²) in [6.07, 6.45) is 10.2. The Morgan fingerprint density at radius 1 is 1.06 bits per heavy atom. The van der Waals surface area contributed by atoms with Crippen molar-refractivity contribution in [1.29, 1.82) is 0 Å². The summed E-state index contributed by atoms with van der Waals surface area (Å²) in [4.78, 5) is 15.4. The molecule has 6 heteroatoms. The molecule has 0 radical (unpaired) electrons. The summed E-state index contributed by atoms with van der Waals surface area (Å²) in [5.74, 6) is 0.993. The van der Waals surface area contributed by atoms with Gasteiger partial charge in [-0.1, -0.05) is 26.0 Å². The Kier molecular flexibility index (Phi) is 6.91. The molecule has 6 nitrogen and oxygen atoms in total. The van der Waals surface area contributed by atoms with E-state index in [1.54, 1.807) is 4.68 Å². The van der Waals surface area contributed by atoms with E-state index in [9.17, 15) is 4.79 Å². The lowest BCUT2D eigenvalue weighted by molar-refractivity contribution is 0.411. The third-order valence-electron chi connectivity index (χ3n) is 6.65. The normalized spacial score (nSPS) is 18.5. The summed E-state index contributed by atoms with van der Waals surface area (Å²) in [5, 5.41) is 7.92. The highest BCUT2D eigenvalue weighted by Crippen LogP contribution is 2.34. The number of rotatable bonds is 7. The maximum absolute atomic E-state index is 13.2. The number of hydrogen-bond acceptors (Lipinski definition) is 4. The quantitative estimate of drug-likeness (QED) is 0.547. The second-order valence-electron chi connectivity index (χ2n) is 10.1. The van der Waals surface area contributed by atoms with Gasteiger partial charge in [-0.2, -0.15) is 5.10 Å². The van der Waals surface area contributed by atoms with Gasteiger partial charge >= 0.3 is 0 Å². The smallest absolute Gasteiger partial charge is 0.273 e. The fourth-order valence-electron chi connectivity index (χ4n) is 4.83. The van der Waals surface area contributed by atoms with Crippen LogP contribution in [-0.2, 0) is 13.6 Å². The summed E-state index contributed by atoms with van der Waals surface area (Å²) in [6, 6.07) is 11.3. The number of hydrogen-bond donors (Lipinski definition) is 1. The summed E-state index contributed by atoms with van der Waals surface area (Å²) in [5.41, 5.74) is 5.49. The Hall–Kier alpha value is -3.02. The fraction of sp³-hybridized carbons (Fsp3) is 0.481. The molecule has 0 bridgehead atoms. The first kappa shape index (κ1) is 23.1. The third kappa shape index (κ3) is 5.49. The molecule has 1 fully saturated rings.